The van der Waals surface area contributed by atoms with E-state index in [0.717, 1.165) is 6.42 Å². The fourth-order valence-electron chi connectivity index (χ4n) is 2.60. The van der Waals surface area contributed by atoms with Gasteiger partial charge in [-0.2, -0.15) is 0 Å². The van der Waals surface area contributed by atoms with Gasteiger partial charge in [0.2, 0.25) is 0 Å². The number of ether oxygens (including phenoxy) is 3. The number of benzene rings is 1. The van der Waals surface area contributed by atoms with Crippen LogP contribution in [0.5, 0.6) is 17.2 Å². The predicted molar refractivity (Wildman–Crippen MR) is 107 cm³/mol. The maximum absolute atomic E-state index is 12.3. The number of aromatic hydroxyl groups is 2. The average Bonchev–Trinajstić information content (AvgIpc) is 2.80. The zero-order valence-corrected chi connectivity index (χ0v) is 16.9. The van der Waals surface area contributed by atoms with Crippen LogP contribution in [0.3, 0.4) is 0 Å². The molecule has 1 fully saturated rings. The topological polar surface area (TPSA) is 127 Å². The van der Waals surface area contributed by atoms with Crippen molar-refractivity contribution in [3.05, 3.63) is 48.3 Å². The number of para-hydroxylation sites is 1. The molecule has 1 aromatic carbocycles. The zero-order chi connectivity index (χ0) is 21.9. The van der Waals surface area contributed by atoms with Crippen molar-refractivity contribution in [3.63, 3.8) is 0 Å². The third-order valence-electron chi connectivity index (χ3n) is 4.17. The number of nitrogens with zero attached hydrogens (tertiary/aromatic N) is 1. The van der Waals surface area contributed by atoms with Crippen molar-refractivity contribution in [2.24, 2.45) is 0 Å². The van der Waals surface area contributed by atoms with Crippen LogP contribution in [0.25, 0.3) is 0 Å². The van der Waals surface area contributed by atoms with Gasteiger partial charge in [-0.15, -0.1) is 0 Å². The molecule has 30 heavy (non-hydrogen) atoms. The van der Waals surface area contributed by atoms with Crippen molar-refractivity contribution >= 4 is 11.9 Å². The molecular weight excluding hydrogens is 392 g/mol. The Hall–Kier alpha value is -3.33. The highest BCUT2D eigenvalue weighted by Gasteiger charge is 2.28. The molecule has 2 atom stereocenters. The van der Waals surface area contributed by atoms with Crippen molar-refractivity contribution in [3.8, 4) is 17.2 Å². The lowest BCUT2D eigenvalue weighted by molar-refractivity contribution is -0.151. The molecule has 1 saturated heterocycles. The Morgan fingerprint density at radius 2 is 1.97 bits per heavy atom. The van der Waals surface area contributed by atoms with Crippen molar-refractivity contribution in [1.82, 2.24) is 10.3 Å². The summed E-state index contributed by atoms with van der Waals surface area (Å²) in [6.07, 6.45) is 2.55. The lowest BCUT2D eigenvalue weighted by Crippen LogP contribution is -2.45. The lowest BCUT2D eigenvalue weighted by Gasteiger charge is -2.18. The number of hydrogen-bond acceptors (Lipinski definition) is 8. The third kappa shape index (κ3) is 6.93. The molecule has 1 aliphatic rings. The van der Waals surface area contributed by atoms with E-state index in [9.17, 15) is 14.7 Å². The Kier molecular flexibility index (Phi) is 8.89. The number of amides is 1. The van der Waals surface area contributed by atoms with Crippen LogP contribution < -0.4 is 10.1 Å². The molecular formula is C21H26N2O7. The lowest BCUT2D eigenvalue weighted by atomic mass is 10.2. The van der Waals surface area contributed by atoms with Crippen LogP contribution in [-0.4, -0.2) is 59.5 Å². The van der Waals surface area contributed by atoms with Gasteiger partial charge in [-0.05, 0) is 31.9 Å². The van der Waals surface area contributed by atoms with E-state index in [0.29, 0.717) is 18.8 Å². The van der Waals surface area contributed by atoms with Crippen LogP contribution in [0.15, 0.2) is 42.6 Å². The van der Waals surface area contributed by atoms with E-state index < -0.39 is 23.7 Å². The van der Waals surface area contributed by atoms with E-state index in [1.807, 2.05) is 6.07 Å². The first kappa shape index (κ1) is 23.0. The van der Waals surface area contributed by atoms with Crippen LogP contribution in [0, 0.1) is 0 Å². The van der Waals surface area contributed by atoms with Crippen molar-refractivity contribution in [2.75, 3.05) is 20.3 Å². The standard InChI is InChI=1S/C15H20N2O6.C6H6O/c1-9-4-3-7-22-8-10(15(20)23-9)17-14(19)12-13(18)11(21-2)5-6-16-12;7-6-4-2-1-3-5-6/h5-6,9-10,18H,3-4,7-8H2,1-2H3,(H,17,19);1-5,7H/t9?,10-;/m0./s1. The molecule has 2 aromatic rings. The highest BCUT2D eigenvalue weighted by Crippen LogP contribution is 2.27. The number of cyclic esters (lactones) is 1. The van der Waals surface area contributed by atoms with E-state index in [1.165, 1.54) is 19.4 Å². The molecule has 1 aliphatic heterocycles. The van der Waals surface area contributed by atoms with E-state index in [4.69, 9.17) is 19.3 Å². The van der Waals surface area contributed by atoms with Crippen molar-refractivity contribution < 1.29 is 34.0 Å². The minimum absolute atomic E-state index is 0.00201. The van der Waals surface area contributed by atoms with Crippen molar-refractivity contribution in [1.29, 1.82) is 0 Å². The number of pyridine rings is 1. The summed E-state index contributed by atoms with van der Waals surface area (Å²) in [7, 11) is 1.36. The Morgan fingerprint density at radius 1 is 1.23 bits per heavy atom. The molecule has 9 heteroatoms. The third-order valence-corrected chi connectivity index (χ3v) is 4.17. The Morgan fingerprint density at radius 3 is 2.60 bits per heavy atom. The van der Waals surface area contributed by atoms with Crippen molar-refractivity contribution in [2.45, 2.75) is 31.9 Å². The number of rotatable bonds is 3. The van der Waals surface area contributed by atoms with Gasteiger partial charge in [0.05, 0.1) is 19.8 Å². The van der Waals surface area contributed by atoms with Gasteiger partial charge in [0.15, 0.2) is 23.2 Å². The van der Waals surface area contributed by atoms with Crippen LogP contribution >= 0.6 is 0 Å². The number of esters is 1. The van der Waals surface area contributed by atoms with Crippen LogP contribution in [0.2, 0.25) is 0 Å². The summed E-state index contributed by atoms with van der Waals surface area (Å²) in [5.41, 5.74) is -0.231. The summed E-state index contributed by atoms with van der Waals surface area (Å²) in [5.74, 6) is -1.23. The first-order valence-electron chi connectivity index (χ1n) is 9.47. The molecule has 162 valence electrons. The molecule has 3 rings (SSSR count). The first-order chi connectivity index (χ1) is 14.4. The molecule has 3 N–H and O–H groups in total. The fourth-order valence-corrected chi connectivity index (χ4v) is 2.60. The molecule has 1 amide bonds. The zero-order valence-electron chi connectivity index (χ0n) is 16.9. The second-order valence-electron chi connectivity index (χ2n) is 6.54. The van der Waals surface area contributed by atoms with Gasteiger partial charge in [0.1, 0.15) is 5.75 Å². The number of aromatic nitrogens is 1. The SMILES string of the molecule is COc1ccnc(C(=O)N[C@H]2COCCCC(C)OC2=O)c1O.Oc1ccccc1. The number of carbonyl (C=O) groups is 2. The van der Waals surface area contributed by atoms with Gasteiger partial charge in [-0.3, -0.25) is 4.79 Å². The molecule has 0 bridgehead atoms. The van der Waals surface area contributed by atoms with E-state index in [-0.39, 0.29) is 24.2 Å². The van der Waals surface area contributed by atoms with Crippen LogP contribution in [0.4, 0.5) is 0 Å². The summed E-state index contributed by atoms with van der Waals surface area (Å²) in [6.45, 7) is 2.27. The molecule has 9 nitrogen and oxygen atoms in total. The first-order valence-corrected chi connectivity index (χ1v) is 9.47. The van der Waals surface area contributed by atoms with Gasteiger partial charge in [0.25, 0.3) is 5.91 Å². The number of hydrogen-bond donors (Lipinski definition) is 3. The van der Waals surface area contributed by atoms with E-state index >= 15 is 0 Å². The van der Waals surface area contributed by atoms with E-state index in [1.54, 1.807) is 31.2 Å². The van der Waals surface area contributed by atoms with Gasteiger partial charge in [-0.25, -0.2) is 9.78 Å². The molecule has 1 aromatic heterocycles. The maximum Gasteiger partial charge on any atom is 0.331 e. The quantitative estimate of drug-likeness (QED) is 0.646. The minimum Gasteiger partial charge on any atom is -0.508 e. The van der Waals surface area contributed by atoms with Gasteiger partial charge in [0, 0.05) is 18.9 Å². The van der Waals surface area contributed by atoms with Gasteiger partial charge in [-0.1, -0.05) is 18.2 Å². The highest BCUT2D eigenvalue weighted by atomic mass is 16.5. The summed E-state index contributed by atoms with van der Waals surface area (Å²) < 4.78 is 15.6. The number of nitrogens with one attached hydrogen (secondary N) is 1. The Labute approximate surface area is 174 Å². The molecule has 0 radical (unpaired) electrons. The summed E-state index contributed by atoms with van der Waals surface area (Å²) in [5, 5.41) is 21.1. The number of methoxy groups -OCH3 is 1. The number of phenolic OH excluding ortho intramolecular Hbond substituents is 1. The van der Waals surface area contributed by atoms with Gasteiger partial charge >= 0.3 is 5.97 Å². The molecule has 2 heterocycles. The maximum atomic E-state index is 12.3. The Balaban J connectivity index is 0.000000386. The highest BCUT2D eigenvalue weighted by molar-refractivity contribution is 5.98. The second kappa shape index (κ2) is 11.6. The predicted octanol–water partition coefficient (Wildman–Crippen LogP) is 2.03. The molecule has 0 spiro atoms. The summed E-state index contributed by atoms with van der Waals surface area (Å²) in [4.78, 5) is 28.2. The monoisotopic (exact) mass is 418 g/mol. The fraction of sp³-hybridized carbons (Fsp3) is 0.381. The average molecular weight is 418 g/mol. The molecule has 0 aliphatic carbocycles. The van der Waals surface area contributed by atoms with E-state index in [2.05, 4.69) is 10.3 Å². The van der Waals surface area contributed by atoms with Gasteiger partial charge < -0.3 is 29.7 Å². The molecule has 1 unspecified atom stereocenters. The largest absolute Gasteiger partial charge is 0.508 e. The Bertz CT molecular complexity index is 829. The molecule has 0 saturated carbocycles. The summed E-state index contributed by atoms with van der Waals surface area (Å²) in [6, 6.07) is 9.17. The smallest absolute Gasteiger partial charge is 0.331 e. The van der Waals surface area contributed by atoms with Crippen LogP contribution in [-0.2, 0) is 14.3 Å². The normalized spacial score (nSPS) is 19.1. The van der Waals surface area contributed by atoms with Crippen LogP contribution in [0.1, 0.15) is 30.3 Å². The number of phenols is 1. The minimum atomic E-state index is -0.963. The summed E-state index contributed by atoms with van der Waals surface area (Å²) >= 11 is 0. The second-order valence-corrected chi connectivity index (χ2v) is 6.54. The number of carbonyl (C=O) groups excluding carboxylic acids is 2.